The van der Waals surface area contributed by atoms with Gasteiger partial charge in [-0.2, -0.15) is 0 Å². The summed E-state index contributed by atoms with van der Waals surface area (Å²) in [5.41, 5.74) is 11.0. The second-order valence-electron chi connectivity index (χ2n) is 6.75. The van der Waals surface area contributed by atoms with Crippen molar-refractivity contribution >= 4 is 11.6 Å². The third-order valence-corrected chi connectivity index (χ3v) is 4.69. The molecule has 2 aromatic carbocycles. The molecule has 0 saturated heterocycles. The Morgan fingerprint density at radius 1 is 1.08 bits per heavy atom. The summed E-state index contributed by atoms with van der Waals surface area (Å²) in [4.78, 5) is 0. The fraction of sp³-hybridized carbons (Fsp3) is 0.167. The van der Waals surface area contributed by atoms with Gasteiger partial charge in [0.2, 0.25) is 0 Å². The van der Waals surface area contributed by atoms with Crippen LogP contribution in [0.5, 0.6) is 0 Å². The van der Waals surface area contributed by atoms with E-state index in [1.54, 1.807) is 0 Å². The van der Waals surface area contributed by atoms with Gasteiger partial charge in [0.15, 0.2) is 0 Å². The van der Waals surface area contributed by atoms with Crippen molar-refractivity contribution in [2.75, 3.05) is 0 Å². The van der Waals surface area contributed by atoms with Crippen molar-refractivity contribution in [1.29, 1.82) is 0 Å². The largest absolute Gasteiger partial charge is 0.0955 e. The molecule has 0 bridgehead atoms. The van der Waals surface area contributed by atoms with Crippen LogP contribution in [0.25, 0.3) is 11.6 Å². The van der Waals surface area contributed by atoms with E-state index < -0.39 is 0 Å². The third-order valence-electron chi connectivity index (χ3n) is 4.69. The van der Waals surface area contributed by atoms with E-state index in [9.17, 15) is 0 Å². The summed E-state index contributed by atoms with van der Waals surface area (Å²) in [5, 5.41) is 0. The molecule has 0 saturated carbocycles. The Hall–Kier alpha value is -2.60. The van der Waals surface area contributed by atoms with E-state index in [1.165, 1.54) is 33.4 Å². The third kappa shape index (κ3) is 3.19. The molecule has 24 heavy (non-hydrogen) atoms. The Morgan fingerprint density at radius 2 is 1.83 bits per heavy atom. The maximum absolute atomic E-state index is 4.34. The normalized spacial score (nSPS) is 13.2. The number of hydrogen-bond acceptors (Lipinski definition) is 0. The molecule has 0 N–H and O–H groups in total. The van der Waals surface area contributed by atoms with E-state index >= 15 is 0 Å². The highest BCUT2D eigenvalue weighted by Gasteiger charge is 2.16. The molecule has 0 radical (unpaired) electrons. The van der Waals surface area contributed by atoms with E-state index in [0.29, 0.717) is 0 Å². The standard InChI is InChI=1S/C24H24/c1-16(2)23-11-10-20(12-17(23)3)13-18(4)24-15-22-9-7-6-8-21(22)14-19(24)5/h6-12,15H,1,4-5,13-14H2,2-3H3. The van der Waals surface area contributed by atoms with Crippen LogP contribution < -0.4 is 0 Å². The average molecular weight is 312 g/mol. The zero-order valence-electron chi connectivity index (χ0n) is 14.7. The average Bonchev–Trinajstić information content (AvgIpc) is 2.53. The van der Waals surface area contributed by atoms with Crippen molar-refractivity contribution in [1.82, 2.24) is 0 Å². The lowest BCUT2D eigenvalue weighted by molar-refractivity contribution is 1.09. The van der Waals surface area contributed by atoms with Gasteiger partial charge in [0, 0.05) is 0 Å². The van der Waals surface area contributed by atoms with Gasteiger partial charge in [0.1, 0.15) is 0 Å². The summed E-state index contributed by atoms with van der Waals surface area (Å²) in [5.74, 6) is 0. The highest BCUT2D eigenvalue weighted by molar-refractivity contribution is 5.71. The van der Waals surface area contributed by atoms with Gasteiger partial charge in [-0.25, -0.2) is 0 Å². The maximum Gasteiger partial charge on any atom is -0.00197 e. The first-order chi connectivity index (χ1) is 11.5. The fourth-order valence-corrected chi connectivity index (χ4v) is 3.43. The van der Waals surface area contributed by atoms with Gasteiger partial charge < -0.3 is 0 Å². The molecule has 1 aliphatic carbocycles. The molecule has 3 rings (SSSR count). The van der Waals surface area contributed by atoms with E-state index in [2.05, 4.69) is 82.1 Å². The molecular formula is C24H24. The number of fused-ring (bicyclic) bond motifs is 1. The van der Waals surface area contributed by atoms with Gasteiger partial charge >= 0.3 is 0 Å². The number of allylic oxidation sites excluding steroid dienone is 4. The predicted octanol–water partition coefficient (Wildman–Crippen LogP) is 6.32. The van der Waals surface area contributed by atoms with Crippen LogP contribution in [0.1, 0.15) is 34.7 Å². The lowest BCUT2D eigenvalue weighted by Crippen LogP contribution is -2.05. The van der Waals surface area contributed by atoms with Crippen molar-refractivity contribution in [2.45, 2.75) is 26.7 Å². The summed E-state index contributed by atoms with van der Waals surface area (Å²) in [6, 6.07) is 15.1. The van der Waals surface area contributed by atoms with Crippen LogP contribution in [0.2, 0.25) is 0 Å². The number of aryl methyl sites for hydroxylation is 1. The minimum Gasteiger partial charge on any atom is -0.0955 e. The molecular weight excluding hydrogens is 288 g/mol. The Kier molecular flexibility index (Phi) is 4.40. The number of benzene rings is 2. The van der Waals surface area contributed by atoms with E-state index in [0.717, 1.165) is 29.6 Å². The lowest BCUT2D eigenvalue weighted by atomic mass is 9.84. The Morgan fingerprint density at radius 3 is 2.54 bits per heavy atom. The first-order valence-corrected chi connectivity index (χ1v) is 8.37. The molecule has 0 amide bonds. The molecule has 0 aromatic heterocycles. The zero-order chi connectivity index (χ0) is 17.3. The van der Waals surface area contributed by atoms with Gasteiger partial charge in [-0.3, -0.25) is 0 Å². The smallest absolute Gasteiger partial charge is 0.00197 e. The minimum absolute atomic E-state index is 0.852. The monoisotopic (exact) mass is 312 g/mol. The van der Waals surface area contributed by atoms with Crippen LogP contribution >= 0.6 is 0 Å². The molecule has 0 spiro atoms. The number of rotatable bonds is 4. The van der Waals surface area contributed by atoms with E-state index in [-0.39, 0.29) is 0 Å². The lowest BCUT2D eigenvalue weighted by Gasteiger charge is -2.21. The first kappa shape index (κ1) is 16.3. The Labute approximate surface area is 145 Å². The number of hydrogen-bond donors (Lipinski definition) is 0. The molecule has 0 nitrogen and oxygen atoms in total. The topological polar surface area (TPSA) is 0 Å². The summed E-state index contributed by atoms with van der Waals surface area (Å²) < 4.78 is 0. The molecule has 2 aromatic rings. The van der Waals surface area contributed by atoms with Crippen LogP contribution in [0, 0.1) is 6.92 Å². The van der Waals surface area contributed by atoms with Gasteiger partial charge in [-0.1, -0.05) is 67.8 Å². The van der Waals surface area contributed by atoms with Crippen LogP contribution in [0.15, 0.2) is 78.9 Å². The molecule has 0 heterocycles. The van der Waals surface area contributed by atoms with Crippen LogP contribution in [-0.4, -0.2) is 0 Å². The SMILES string of the molecule is C=C(Cc1ccc(C(=C)C)c(C)c1)C1=Cc2ccccc2CC1=C. The summed E-state index contributed by atoms with van der Waals surface area (Å²) in [6.45, 7) is 16.8. The second kappa shape index (κ2) is 6.49. The molecule has 0 atom stereocenters. The predicted molar refractivity (Wildman–Crippen MR) is 106 cm³/mol. The summed E-state index contributed by atoms with van der Waals surface area (Å²) >= 11 is 0. The van der Waals surface area contributed by atoms with E-state index in [4.69, 9.17) is 0 Å². The summed E-state index contributed by atoms with van der Waals surface area (Å²) in [7, 11) is 0. The maximum atomic E-state index is 4.34. The van der Waals surface area contributed by atoms with Crippen molar-refractivity contribution in [3.63, 3.8) is 0 Å². The van der Waals surface area contributed by atoms with Crippen LogP contribution in [-0.2, 0) is 12.8 Å². The highest BCUT2D eigenvalue weighted by atomic mass is 14.2. The summed E-state index contributed by atoms with van der Waals surface area (Å²) in [6.07, 6.45) is 4.00. The van der Waals surface area contributed by atoms with Crippen molar-refractivity contribution < 1.29 is 0 Å². The molecule has 0 aliphatic heterocycles. The molecule has 0 unspecified atom stereocenters. The van der Waals surface area contributed by atoms with Gasteiger partial charge in [-0.15, -0.1) is 0 Å². The zero-order valence-corrected chi connectivity index (χ0v) is 14.7. The van der Waals surface area contributed by atoms with Gasteiger partial charge in [0.05, 0.1) is 0 Å². The van der Waals surface area contributed by atoms with Gasteiger partial charge in [0.25, 0.3) is 0 Å². The second-order valence-corrected chi connectivity index (χ2v) is 6.75. The van der Waals surface area contributed by atoms with E-state index in [1.807, 2.05) is 0 Å². The highest BCUT2D eigenvalue weighted by Crippen LogP contribution is 2.32. The van der Waals surface area contributed by atoms with Crippen molar-refractivity contribution in [3.05, 3.63) is 107 Å². The first-order valence-electron chi connectivity index (χ1n) is 8.37. The molecule has 0 heteroatoms. The Balaban J connectivity index is 1.85. The Bertz CT molecular complexity index is 875. The van der Waals surface area contributed by atoms with Gasteiger partial charge in [-0.05, 0) is 77.3 Å². The van der Waals surface area contributed by atoms with Crippen molar-refractivity contribution in [3.8, 4) is 0 Å². The van der Waals surface area contributed by atoms with Crippen molar-refractivity contribution in [2.24, 2.45) is 0 Å². The van der Waals surface area contributed by atoms with Crippen LogP contribution in [0.3, 0.4) is 0 Å². The molecule has 0 fully saturated rings. The van der Waals surface area contributed by atoms with Crippen LogP contribution in [0.4, 0.5) is 0 Å². The minimum atomic E-state index is 0.852. The fourth-order valence-electron chi connectivity index (χ4n) is 3.43. The molecule has 1 aliphatic rings. The quantitative estimate of drug-likeness (QED) is 0.619. The molecule has 120 valence electrons.